The molecule has 0 aliphatic heterocycles. The molecule has 0 saturated heterocycles. The molecule has 0 radical (unpaired) electrons. The van der Waals surface area contributed by atoms with Crippen LogP contribution in [-0.2, 0) is 11.3 Å². The van der Waals surface area contributed by atoms with Crippen LogP contribution >= 0.6 is 0 Å². The molecule has 0 unspecified atom stereocenters. The molecule has 0 aromatic heterocycles. The number of hydrogen-bond acceptors (Lipinski definition) is 5. The maximum Gasteiger partial charge on any atom is 0.168 e. The summed E-state index contributed by atoms with van der Waals surface area (Å²) in [5, 5.41) is 0. The summed E-state index contributed by atoms with van der Waals surface area (Å²) in [5.74, 6) is 1.06. The Hall–Kier alpha value is -1.59. The zero-order valence-corrected chi connectivity index (χ0v) is 11.0. The Morgan fingerprint density at radius 1 is 1.17 bits per heavy atom. The minimum Gasteiger partial charge on any atom is -0.496 e. The molecule has 1 aromatic rings. The second kappa shape index (κ2) is 6.98. The zero-order chi connectivity index (χ0) is 13.5. The molecule has 100 valence electrons. The Bertz CT molecular complexity index is 418. The molecule has 0 heterocycles. The van der Waals surface area contributed by atoms with Crippen molar-refractivity contribution in [1.29, 1.82) is 0 Å². The van der Waals surface area contributed by atoms with Gasteiger partial charge in [0, 0.05) is 19.1 Å². The van der Waals surface area contributed by atoms with Gasteiger partial charge in [0.15, 0.2) is 5.78 Å². The molecule has 1 rings (SSSR count). The van der Waals surface area contributed by atoms with Crippen LogP contribution in [0.3, 0.4) is 0 Å². The number of carbonyl (C=O) groups excluding carboxylic acids is 1. The van der Waals surface area contributed by atoms with Gasteiger partial charge in [-0.25, -0.2) is 0 Å². The van der Waals surface area contributed by atoms with Crippen LogP contribution in [-0.4, -0.2) is 33.7 Å². The van der Waals surface area contributed by atoms with Gasteiger partial charge >= 0.3 is 0 Å². The Balaban J connectivity index is 3.34. The van der Waals surface area contributed by atoms with Crippen molar-refractivity contribution in [2.45, 2.75) is 13.0 Å². The Kier molecular flexibility index (Phi) is 5.61. The SMILES string of the molecule is COCc1c(OC)ccc(OC)c1C(=O)CCN. The third kappa shape index (κ3) is 3.00. The van der Waals surface area contributed by atoms with Crippen molar-refractivity contribution in [2.75, 3.05) is 27.9 Å². The van der Waals surface area contributed by atoms with Crippen LogP contribution in [0.4, 0.5) is 0 Å². The molecule has 0 aliphatic rings. The van der Waals surface area contributed by atoms with Gasteiger partial charge in [0.1, 0.15) is 11.5 Å². The molecule has 0 spiro atoms. The summed E-state index contributed by atoms with van der Waals surface area (Å²) in [6, 6.07) is 3.47. The van der Waals surface area contributed by atoms with E-state index in [1.807, 2.05) is 0 Å². The Morgan fingerprint density at radius 2 is 1.78 bits per heavy atom. The first-order valence-corrected chi connectivity index (χ1v) is 5.65. The number of rotatable bonds is 7. The van der Waals surface area contributed by atoms with Gasteiger partial charge in [-0.2, -0.15) is 0 Å². The van der Waals surface area contributed by atoms with Gasteiger partial charge in [-0.15, -0.1) is 0 Å². The van der Waals surface area contributed by atoms with Crippen molar-refractivity contribution in [1.82, 2.24) is 0 Å². The van der Waals surface area contributed by atoms with E-state index in [1.54, 1.807) is 26.4 Å². The standard InChI is InChI=1S/C13H19NO4/c1-16-8-9-11(17-2)4-5-12(18-3)13(9)10(15)6-7-14/h4-5H,6-8,14H2,1-3H3. The second-order valence-corrected chi connectivity index (χ2v) is 3.72. The van der Waals surface area contributed by atoms with Crippen LogP contribution < -0.4 is 15.2 Å². The van der Waals surface area contributed by atoms with Crippen LogP contribution in [0, 0.1) is 0 Å². The number of Topliss-reactive ketones (excluding diaryl/α,β-unsaturated/α-hetero) is 1. The molecule has 0 saturated carbocycles. The summed E-state index contributed by atoms with van der Waals surface area (Å²) in [6.07, 6.45) is 0.264. The van der Waals surface area contributed by atoms with Crippen LogP contribution in [0.5, 0.6) is 11.5 Å². The first kappa shape index (κ1) is 14.5. The van der Waals surface area contributed by atoms with Crippen LogP contribution in [0.2, 0.25) is 0 Å². The highest BCUT2D eigenvalue weighted by Crippen LogP contribution is 2.32. The van der Waals surface area contributed by atoms with Crippen molar-refractivity contribution < 1.29 is 19.0 Å². The van der Waals surface area contributed by atoms with Gasteiger partial charge in [0.2, 0.25) is 0 Å². The summed E-state index contributed by atoms with van der Waals surface area (Å²) in [5.41, 5.74) is 6.61. The minimum atomic E-state index is -0.0692. The average molecular weight is 253 g/mol. The van der Waals surface area contributed by atoms with Gasteiger partial charge in [-0.3, -0.25) is 4.79 Å². The maximum atomic E-state index is 12.1. The Labute approximate surface area is 107 Å². The number of carbonyl (C=O) groups is 1. The predicted octanol–water partition coefficient (Wildman–Crippen LogP) is 1.38. The molecule has 5 nitrogen and oxygen atoms in total. The highest BCUT2D eigenvalue weighted by Gasteiger charge is 2.20. The third-order valence-electron chi connectivity index (χ3n) is 2.61. The van der Waals surface area contributed by atoms with Gasteiger partial charge in [-0.1, -0.05) is 0 Å². The number of nitrogens with two attached hydrogens (primary N) is 1. The number of methoxy groups -OCH3 is 3. The van der Waals surface area contributed by atoms with Crippen molar-refractivity contribution in [2.24, 2.45) is 5.73 Å². The topological polar surface area (TPSA) is 70.8 Å². The molecule has 0 bridgehead atoms. The number of ketones is 1. The fourth-order valence-electron chi connectivity index (χ4n) is 1.82. The monoisotopic (exact) mass is 253 g/mol. The molecule has 18 heavy (non-hydrogen) atoms. The van der Waals surface area contributed by atoms with E-state index in [0.717, 1.165) is 0 Å². The van der Waals surface area contributed by atoms with Crippen molar-refractivity contribution in [3.63, 3.8) is 0 Å². The Morgan fingerprint density at radius 3 is 2.28 bits per heavy atom. The lowest BCUT2D eigenvalue weighted by molar-refractivity contribution is 0.0976. The average Bonchev–Trinajstić information content (AvgIpc) is 2.38. The molecule has 5 heteroatoms. The fraction of sp³-hybridized carbons (Fsp3) is 0.462. The minimum absolute atomic E-state index is 0.0692. The molecule has 0 aliphatic carbocycles. The number of benzene rings is 1. The highest BCUT2D eigenvalue weighted by molar-refractivity contribution is 6.00. The zero-order valence-electron chi connectivity index (χ0n) is 11.0. The first-order chi connectivity index (χ1) is 8.69. The first-order valence-electron chi connectivity index (χ1n) is 5.65. The summed E-state index contributed by atoms with van der Waals surface area (Å²) in [7, 11) is 4.64. The third-order valence-corrected chi connectivity index (χ3v) is 2.61. The maximum absolute atomic E-state index is 12.1. The van der Waals surface area contributed by atoms with Gasteiger partial charge in [0.25, 0.3) is 0 Å². The van der Waals surface area contributed by atoms with Gasteiger partial charge in [0.05, 0.1) is 26.4 Å². The van der Waals surface area contributed by atoms with E-state index in [9.17, 15) is 4.79 Å². The molecular formula is C13H19NO4. The van der Waals surface area contributed by atoms with Crippen LogP contribution in [0.1, 0.15) is 22.3 Å². The smallest absolute Gasteiger partial charge is 0.168 e. The quantitative estimate of drug-likeness (QED) is 0.743. The predicted molar refractivity (Wildman–Crippen MR) is 68.3 cm³/mol. The summed E-state index contributed by atoms with van der Waals surface area (Å²) < 4.78 is 15.6. The van der Waals surface area contributed by atoms with Gasteiger partial charge in [-0.05, 0) is 18.7 Å². The van der Waals surface area contributed by atoms with E-state index in [2.05, 4.69) is 0 Å². The summed E-state index contributed by atoms with van der Waals surface area (Å²) >= 11 is 0. The van der Waals surface area contributed by atoms with Crippen molar-refractivity contribution in [3.8, 4) is 11.5 Å². The molecule has 2 N–H and O–H groups in total. The van der Waals surface area contributed by atoms with E-state index in [0.29, 0.717) is 29.2 Å². The number of hydrogen-bond donors (Lipinski definition) is 1. The summed E-state index contributed by atoms with van der Waals surface area (Å²) in [6.45, 7) is 0.581. The van der Waals surface area contributed by atoms with Crippen molar-refractivity contribution in [3.05, 3.63) is 23.3 Å². The highest BCUT2D eigenvalue weighted by atomic mass is 16.5. The second-order valence-electron chi connectivity index (χ2n) is 3.72. The van der Waals surface area contributed by atoms with E-state index < -0.39 is 0 Å². The lowest BCUT2D eigenvalue weighted by Gasteiger charge is -2.15. The largest absolute Gasteiger partial charge is 0.496 e. The lowest BCUT2D eigenvalue weighted by atomic mass is 9.99. The lowest BCUT2D eigenvalue weighted by Crippen LogP contribution is -2.13. The normalized spacial score (nSPS) is 10.2. The van der Waals surface area contributed by atoms with Crippen LogP contribution in [0.15, 0.2) is 12.1 Å². The molecule has 1 aromatic carbocycles. The van der Waals surface area contributed by atoms with Crippen LogP contribution in [0.25, 0.3) is 0 Å². The van der Waals surface area contributed by atoms with E-state index in [-0.39, 0.29) is 18.8 Å². The molecule has 0 fully saturated rings. The van der Waals surface area contributed by atoms with Gasteiger partial charge < -0.3 is 19.9 Å². The van der Waals surface area contributed by atoms with E-state index >= 15 is 0 Å². The summed E-state index contributed by atoms with van der Waals surface area (Å²) in [4.78, 5) is 12.1. The number of ether oxygens (including phenoxy) is 3. The van der Waals surface area contributed by atoms with Crippen molar-refractivity contribution >= 4 is 5.78 Å². The molecule has 0 atom stereocenters. The van der Waals surface area contributed by atoms with E-state index in [4.69, 9.17) is 19.9 Å². The van der Waals surface area contributed by atoms with E-state index in [1.165, 1.54) is 7.11 Å². The molecule has 0 amide bonds. The fourth-order valence-corrected chi connectivity index (χ4v) is 1.82. The molecular weight excluding hydrogens is 234 g/mol.